The van der Waals surface area contributed by atoms with E-state index in [1.165, 1.54) is 6.07 Å². The Labute approximate surface area is 223 Å². The van der Waals surface area contributed by atoms with E-state index in [2.05, 4.69) is 46.2 Å². The lowest BCUT2D eigenvalue weighted by atomic mass is 9.89. The normalized spacial score (nSPS) is 17.7. The third kappa shape index (κ3) is 5.91. The molecule has 2 heterocycles. The summed E-state index contributed by atoms with van der Waals surface area (Å²) < 4.78 is 1.60. The van der Waals surface area contributed by atoms with E-state index in [1.807, 2.05) is 19.9 Å². The van der Waals surface area contributed by atoms with Gasteiger partial charge in [-0.05, 0) is 84.3 Å². The van der Waals surface area contributed by atoms with Gasteiger partial charge in [0.25, 0.3) is 5.91 Å². The Bertz CT molecular complexity index is 1290. The monoisotopic (exact) mass is 524 g/mol. The molecule has 1 aliphatic rings. The first-order valence-electron chi connectivity index (χ1n) is 12.9. The average molecular weight is 525 g/mol. The van der Waals surface area contributed by atoms with E-state index in [0.717, 1.165) is 49.2 Å². The minimum atomic E-state index is -0.264. The summed E-state index contributed by atoms with van der Waals surface area (Å²) >= 11 is 6.54. The van der Waals surface area contributed by atoms with Gasteiger partial charge >= 0.3 is 0 Å². The van der Waals surface area contributed by atoms with Crippen LogP contribution in [0.2, 0.25) is 5.02 Å². The quantitative estimate of drug-likeness (QED) is 0.454. The molecule has 9 heteroatoms. The minimum Gasteiger partial charge on any atom is -0.369 e. The number of nitrogens with one attached hydrogen (secondary N) is 2. The third-order valence-electron chi connectivity index (χ3n) is 7.48. The molecular weight excluding hydrogens is 488 g/mol. The summed E-state index contributed by atoms with van der Waals surface area (Å²) in [6.07, 6.45) is 7.93. The van der Waals surface area contributed by atoms with Gasteiger partial charge in [-0.1, -0.05) is 11.6 Å². The van der Waals surface area contributed by atoms with E-state index >= 15 is 0 Å². The van der Waals surface area contributed by atoms with Crippen LogP contribution in [0.4, 0.5) is 5.69 Å². The summed E-state index contributed by atoms with van der Waals surface area (Å²) in [6, 6.07) is 8.02. The van der Waals surface area contributed by atoms with Crippen LogP contribution < -0.4 is 15.6 Å². The first kappa shape index (κ1) is 26.9. The molecule has 198 valence electrons. The molecule has 1 aromatic carbocycles. The molecule has 1 aliphatic carbocycles. The van der Waals surface area contributed by atoms with Crippen LogP contribution >= 0.6 is 11.6 Å². The molecule has 0 unspecified atom stereocenters. The SMILES string of the molecule is CCN(c1cc(Cl)cc(C(=O)NCc2c(-n3cccn3)[nH]c(C)cc2=O)c1C)C1CCC(N(C)C)CC1. The summed E-state index contributed by atoms with van der Waals surface area (Å²) in [5, 5.41) is 7.72. The molecule has 4 rings (SSSR count). The number of carbonyl (C=O) groups excluding carboxylic acids is 1. The summed E-state index contributed by atoms with van der Waals surface area (Å²) in [5.41, 5.74) is 3.42. The third-order valence-corrected chi connectivity index (χ3v) is 7.70. The maximum atomic E-state index is 13.4. The van der Waals surface area contributed by atoms with E-state index in [0.29, 0.717) is 34.1 Å². The van der Waals surface area contributed by atoms with Crippen LogP contribution in [0.15, 0.2) is 41.5 Å². The van der Waals surface area contributed by atoms with Gasteiger partial charge in [-0.3, -0.25) is 9.59 Å². The number of pyridine rings is 1. The molecule has 0 saturated heterocycles. The predicted octanol–water partition coefficient (Wildman–Crippen LogP) is 4.46. The molecule has 2 aromatic heterocycles. The fourth-order valence-corrected chi connectivity index (χ4v) is 5.65. The molecule has 0 atom stereocenters. The van der Waals surface area contributed by atoms with Crippen LogP contribution in [0.1, 0.15) is 59.8 Å². The number of nitrogens with zero attached hydrogens (tertiary/aromatic N) is 4. The average Bonchev–Trinajstić information content (AvgIpc) is 3.40. The highest BCUT2D eigenvalue weighted by atomic mass is 35.5. The number of aryl methyl sites for hydroxylation is 1. The first-order chi connectivity index (χ1) is 17.7. The van der Waals surface area contributed by atoms with Crippen LogP contribution in [0.3, 0.4) is 0 Å². The number of halogens is 1. The summed E-state index contributed by atoms with van der Waals surface area (Å²) in [7, 11) is 4.30. The van der Waals surface area contributed by atoms with Crippen LogP contribution in [0, 0.1) is 13.8 Å². The van der Waals surface area contributed by atoms with Crippen molar-refractivity contribution in [1.29, 1.82) is 0 Å². The van der Waals surface area contributed by atoms with Crippen molar-refractivity contribution in [3.8, 4) is 5.82 Å². The fourth-order valence-electron chi connectivity index (χ4n) is 5.44. The van der Waals surface area contributed by atoms with Gasteiger partial charge in [0.1, 0.15) is 5.82 Å². The van der Waals surface area contributed by atoms with Gasteiger partial charge in [0.2, 0.25) is 0 Å². The smallest absolute Gasteiger partial charge is 0.251 e. The predicted molar refractivity (Wildman–Crippen MR) is 149 cm³/mol. The number of carbonyl (C=O) groups is 1. The summed E-state index contributed by atoms with van der Waals surface area (Å²) in [6.45, 7) is 6.85. The lowest BCUT2D eigenvalue weighted by Gasteiger charge is -2.40. The van der Waals surface area contributed by atoms with Crippen molar-refractivity contribution >= 4 is 23.2 Å². The highest BCUT2D eigenvalue weighted by molar-refractivity contribution is 6.31. The number of amides is 1. The number of H-pyrrole nitrogens is 1. The van der Waals surface area contributed by atoms with Gasteiger partial charge in [-0.25, -0.2) is 4.68 Å². The van der Waals surface area contributed by atoms with E-state index in [4.69, 9.17) is 11.6 Å². The Morgan fingerprint density at radius 3 is 2.49 bits per heavy atom. The molecule has 0 aliphatic heterocycles. The van der Waals surface area contributed by atoms with Crippen molar-refractivity contribution < 1.29 is 4.79 Å². The van der Waals surface area contributed by atoms with E-state index < -0.39 is 0 Å². The number of benzene rings is 1. The molecule has 8 nitrogen and oxygen atoms in total. The van der Waals surface area contributed by atoms with E-state index in [1.54, 1.807) is 29.2 Å². The van der Waals surface area contributed by atoms with Gasteiger partial charge < -0.3 is 20.1 Å². The Morgan fingerprint density at radius 1 is 1.16 bits per heavy atom. The lowest BCUT2D eigenvalue weighted by molar-refractivity contribution is 0.0950. The van der Waals surface area contributed by atoms with Crippen molar-refractivity contribution in [2.45, 2.75) is 65.1 Å². The highest BCUT2D eigenvalue weighted by Gasteiger charge is 2.28. The Balaban J connectivity index is 1.57. The van der Waals surface area contributed by atoms with Crippen LogP contribution in [0.25, 0.3) is 5.82 Å². The Kier molecular flexibility index (Phi) is 8.39. The largest absolute Gasteiger partial charge is 0.369 e. The van der Waals surface area contributed by atoms with Crippen molar-refractivity contribution in [1.82, 2.24) is 25.0 Å². The van der Waals surface area contributed by atoms with Crippen molar-refractivity contribution in [3.63, 3.8) is 0 Å². The molecule has 1 fully saturated rings. The zero-order valence-electron chi connectivity index (χ0n) is 22.3. The van der Waals surface area contributed by atoms with Gasteiger partial charge in [0.05, 0.1) is 12.1 Å². The summed E-state index contributed by atoms with van der Waals surface area (Å²) in [4.78, 5) is 34.1. The molecule has 3 aromatic rings. The second-order valence-corrected chi connectivity index (χ2v) is 10.5. The molecule has 1 amide bonds. The molecule has 0 radical (unpaired) electrons. The summed E-state index contributed by atoms with van der Waals surface area (Å²) in [5.74, 6) is 0.282. The number of anilines is 1. The van der Waals surface area contributed by atoms with Crippen LogP contribution in [0.5, 0.6) is 0 Å². The number of rotatable bonds is 8. The molecule has 1 saturated carbocycles. The number of hydrogen-bond acceptors (Lipinski definition) is 5. The van der Waals surface area contributed by atoms with Gasteiger partial charge in [0.15, 0.2) is 5.43 Å². The molecule has 2 N–H and O–H groups in total. The van der Waals surface area contributed by atoms with Crippen molar-refractivity contribution in [3.05, 3.63) is 74.3 Å². The van der Waals surface area contributed by atoms with Crippen LogP contribution in [-0.2, 0) is 6.54 Å². The molecule has 0 spiro atoms. The van der Waals surface area contributed by atoms with Crippen molar-refractivity contribution in [2.75, 3.05) is 25.5 Å². The Hall–Kier alpha value is -3.10. The van der Waals surface area contributed by atoms with E-state index in [-0.39, 0.29) is 17.9 Å². The lowest BCUT2D eigenvalue weighted by Crippen LogP contribution is -2.42. The molecule has 37 heavy (non-hydrogen) atoms. The topological polar surface area (TPSA) is 86.3 Å². The zero-order valence-corrected chi connectivity index (χ0v) is 23.1. The minimum absolute atomic E-state index is 0.0664. The Morgan fingerprint density at radius 2 is 1.86 bits per heavy atom. The fraction of sp³-hybridized carbons (Fsp3) is 0.464. The second-order valence-electron chi connectivity index (χ2n) is 10.1. The maximum absolute atomic E-state index is 13.4. The van der Waals surface area contributed by atoms with Crippen LogP contribution in [-0.4, -0.2) is 58.3 Å². The second kappa shape index (κ2) is 11.5. The van der Waals surface area contributed by atoms with Gasteiger partial charge in [-0.2, -0.15) is 5.10 Å². The highest BCUT2D eigenvalue weighted by Crippen LogP contribution is 2.34. The van der Waals surface area contributed by atoms with Crippen molar-refractivity contribution in [2.24, 2.45) is 0 Å². The molecular formula is C28H37ClN6O2. The van der Waals surface area contributed by atoms with Gasteiger partial charge in [0, 0.05) is 59.1 Å². The van der Waals surface area contributed by atoms with E-state index in [9.17, 15) is 9.59 Å². The molecule has 0 bridgehead atoms. The zero-order chi connectivity index (χ0) is 26.7. The number of aromatic nitrogens is 3. The van der Waals surface area contributed by atoms with Gasteiger partial charge in [-0.15, -0.1) is 0 Å². The standard InChI is InChI=1S/C28H37ClN6O2/c1-6-34(22-10-8-21(9-11-22)33(4)5)25-16-20(29)15-23(19(25)3)28(37)30-17-24-26(36)14-18(2)32-27(24)35-13-7-12-31-35/h7,12-16,21-22H,6,8-11,17H2,1-5H3,(H,30,37)(H,32,36). The first-order valence-corrected chi connectivity index (χ1v) is 13.3. The number of aromatic amines is 1. The number of hydrogen-bond donors (Lipinski definition) is 2. The maximum Gasteiger partial charge on any atom is 0.251 e.